The van der Waals surface area contributed by atoms with Crippen LogP contribution in [0.3, 0.4) is 0 Å². The molecule has 24 heavy (non-hydrogen) atoms. The zero-order chi connectivity index (χ0) is 17.7. The third-order valence-electron chi connectivity index (χ3n) is 3.68. The van der Waals surface area contributed by atoms with Gasteiger partial charge in [-0.1, -0.05) is 41.4 Å². The molecule has 128 valence electrons. The molecule has 2 amide bonds. The standard InChI is InChI=1S/C18H21ClN2O2S/c1-12-4-6-14(7-5-12)16(20-13(2)22)10-18(23)21(3)11-15-8-9-17(19)24-15/h4-9,16H,10-11H2,1-3H3,(H,20,22). The number of halogens is 1. The lowest BCUT2D eigenvalue weighted by Crippen LogP contribution is -2.33. The number of benzene rings is 1. The summed E-state index contributed by atoms with van der Waals surface area (Å²) in [4.78, 5) is 26.7. The van der Waals surface area contributed by atoms with Crippen molar-refractivity contribution >= 4 is 34.8 Å². The quantitative estimate of drug-likeness (QED) is 0.844. The van der Waals surface area contributed by atoms with Gasteiger partial charge in [0, 0.05) is 18.8 Å². The summed E-state index contributed by atoms with van der Waals surface area (Å²) in [5, 5.41) is 2.86. The summed E-state index contributed by atoms with van der Waals surface area (Å²) in [5.74, 6) is -0.181. The number of thiophene rings is 1. The average molecular weight is 365 g/mol. The van der Waals surface area contributed by atoms with Crippen molar-refractivity contribution < 1.29 is 9.59 Å². The van der Waals surface area contributed by atoms with Crippen LogP contribution in [-0.2, 0) is 16.1 Å². The van der Waals surface area contributed by atoms with Gasteiger partial charge in [-0.2, -0.15) is 0 Å². The first-order valence-corrected chi connectivity index (χ1v) is 8.86. The summed E-state index contributed by atoms with van der Waals surface area (Å²) in [5.41, 5.74) is 2.06. The predicted molar refractivity (Wildman–Crippen MR) is 98.2 cm³/mol. The zero-order valence-electron chi connectivity index (χ0n) is 14.0. The van der Waals surface area contributed by atoms with E-state index in [9.17, 15) is 9.59 Å². The van der Waals surface area contributed by atoms with Crippen LogP contribution in [-0.4, -0.2) is 23.8 Å². The van der Waals surface area contributed by atoms with Gasteiger partial charge in [-0.25, -0.2) is 0 Å². The normalized spacial score (nSPS) is 11.8. The molecular weight excluding hydrogens is 344 g/mol. The summed E-state index contributed by atoms with van der Waals surface area (Å²) in [7, 11) is 1.76. The number of nitrogens with zero attached hydrogens (tertiary/aromatic N) is 1. The number of rotatable bonds is 6. The number of amides is 2. The van der Waals surface area contributed by atoms with Crippen LogP contribution in [0.5, 0.6) is 0 Å². The van der Waals surface area contributed by atoms with E-state index in [2.05, 4.69) is 5.32 Å². The highest BCUT2D eigenvalue weighted by molar-refractivity contribution is 7.16. The van der Waals surface area contributed by atoms with E-state index >= 15 is 0 Å². The smallest absolute Gasteiger partial charge is 0.225 e. The van der Waals surface area contributed by atoms with Crippen molar-refractivity contribution in [1.29, 1.82) is 0 Å². The number of carbonyl (C=O) groups is 2. The summed E-state index contributed by atoms with van der Waals surface area (Å²) in [6.07, 6.45) is 0.220. The Hall–Kier alpha value is -1.85. The minimum atomic E-state index is -0.329. The summed E-state index contributed by atoms with van der Waals surface area (Å²) in [6.45, 7) is 3.97. The molecule has 0 saturated carbocycles. The van der Waals surface area contributed by atoms with Gasteiger partial charge >= 0.3 is 0 Å². The number of hydrogen-bond acceptors (Lipinski definition) is 3. The van der Waals surface area contributed by atoms with Gasteiger partial charge in [0.25, 0.3) is 0 Å². The molecule has 1 heterocycles. The lowest BCUT2D eigenvalue weighted by molar-refractivity contribution is -0.131. The topological polar surface area (TPSA) is 49.4 Å². The SMILES string of the molecule is CC(=O)NC(CC(=O)N(C)Cc1ccc(Cl)s1)c1ccc(C)cc1. The molecule has 1 unspecified atom stereocenters. The molecule has 2 aromatic rings. The molecule has 0 aliphatic rings. The van der Waals surface area contributed by atoms with Crippen LogP contribution in [0, 0.1) is 6.92 Å². The molecule has 0 saturated heterocycles. The first kappa shape index (κ1) is 18.5. The van der Waals surface area contributed by atoms with E-state index < -0.39 is 0 Å². The molecular formula is C18H21ClN2O2S. The monoisotopic (exact) mass is 364 g/mol. The molecule has 1 atom stereocenters. The number of carbonyl (C=O) groups excluding carboxylic acids is 2. The van der Waals surface area contributed by atoms with Crippen LogP contribution in [0.25, 0.3) is 0 Å². The Balaban J connectivity index is 2.05. The highest BCUT2D eigenvalue weighted by Crippen LogP contribution is 2.23. The van der Waals surface area contributed by atoms with E-state index in [0.717, 1.165) is 16.0 Å². The molecule has 0 radical (unpaired) electrons. The van der Waals surface area contributed by atoms with Gasteiger partial charge < -0.3 is 10.2 Å². The Morgan fingerprint density at radius 3 is 2.42 bits per heavy atom. The maximum absolute atomic E-state index is 12.5. The second-order valence-electron chi connectivity index (χ2n) is 5.82. The van der Waals surface area contributed by atoms with Crippen molar-refractivity contribution in [3.8, 4) is 0 Å². The highest BCUT2D eigenvalue weighted by atomic mass is 35.5. The predicted octanol–water partition coefficient (Wildman–Crippen LogP) is 3.94. The Morgan fingerprint density at radius 1 is 1.21 bits per heavy atom. The fourth-order valence-electron chi connectivity index (χ4n) is 2.39. The van der Waals surface area contributed by atoms with Gasteiger partial charge in [0.15, 0.2) is 0 Å². The lowest BCUT2D eigenvalue weighted by atomic mass is 10.0. The Labute approximate surface area is 151 Å². The maximum Gasteiger partial charge on any atom is 0.225 e. The number of nitrogens with one attached hydrogen (secondary N) is 1. The van der Waals surface area contributed by atoms with E-state index in [4.69, 9.17) is 11.6 Å². The highest BCUT2D eigenvalue weighted by Gasteiger charge is 2.20. The van der Waals surface area contributed by atoms with Crippen molar-refractivity contribution in [2.75, 3.05) is 7.05 Å². The van der Waals surface area contributed by atoms with Crippen LogP contribution in [0.4, 0.5) is 0 Å². The largest absolute Gasteiger partial charge is 0.349 e. The third kappa shape index (κ3) is 5.35. The van der Waals surface area contributed by atoms with Gasteiger partial charge in [0.05, 0.1) is 23.3 Å². The lowest BCUT2D eigenvalue weighted by Gasteiger charge is -2.22. The minimum absolute atomic E-state index is 0.0288. The molecule has 0 aliphatic carbocycles. The van der Waals surface area contributed by atoms with E-state index in [1.165, 1.54) is 18.3 Å². The Kier molecular flexibility index (Phi) is 6.40. The summed E-state index contributed by atoms with van der Waals surface area (Å²) in [6, 6.07) is 11.3. The van der Waals surface area contributed by atoms with Gasteiger partial charge in [0.1, 0.15) is 0 Å². The van der Waals surface area contributed by atoms with Crippen molar-refractivity contribution in [2.24, 2.45) is 0 Å². The van der Waals surface area contributed by atoms with Crippen LogP contribution in [0.15, 0.2) is 36.4 Å². The van der Waals surface area contributed by atoms with E-state index in [0.29, 0.717) is 10.9 Å². The van der Waals surface area contributed by atoms with E-state index in [-0.39, 0.29) is 24.3 Å². The molecule has 0 aliphatic heterocycles. The first-order chi connectivity index (χ1) is 11.3. The minimum Gasteiger partial charge on any atom is -0.349 e. The number of aryl methyl sites for hydroxylation is 1. The Morgan fingerprint density at radius 2 is 1.88 bits per heavy atom. The summed E-state index contributed by atoms with van der Waals surface area (Å²) >= 11 is 7.39. The van der Waals surface area contributed by atoms with Crippen LogP contribution in [0.1, 0.15) is 35.4 Å². The zero-order valence-corrected chi connectivity index (χ0v) is 15.6. The maximum atomic E-state index is 12.5. The van der Waals surface area contributed by atoms with Crippen LogP contribution < -0.4 is 5.32 Å². The molecule has 1 N–H and O–H groups in total. The third-order valence-corrected chi connectivity index (χ3v) is 4.90. The molecule has 0 bridgehead atoms. The van der Waals surface area contributed by atoms with Crippen molar-refractivity contribution in [3.63, 3.8) is 0 Å². The van der Waals surface area contributed by atoms with Crippen LogP contribution >= 0.6 is 22.9 Å². The molecule has 2 rings (SSSR count). The van der Waals surface area contributed by atoms with Crippen molar-refractivity contribution in [1.82, 2.24) is 10.2 Å². The molecule has 0 fully saturated rings. The second kappa shape index (κ2) is 8.31. The molecule has 4 nitrogen and oxygen atoms in total. The van der Waals surface area contributed by atoms with Gasteiger partial charge in [0.2, 0.25) is 11.8 Å². The summed E-state index contributed by atoms with van der Waals surface area (Å²) < 4.78 is 0.710. The molecule has 6 heteroatoms. The Bertz CT molecular complexity index is 712. The van der Waals surface area contributed by atoms with Crippen molar-refractivity contribution in [2.45, 2.75) is 32.9 Å². The fraction of sp³-hybridized carbons (Fsp3) is 0.333. The second-order valence-corrected chi connectivity index (χ2v) is 7.62. The molecule has 1 aromatic carbocycles. The van der Waals surface area contributed by atoms with Crippen LogP contribution in [0.2, 0.25) is 4.34 Å². The van der Waals surface area contributed by atoms with Gasteiger partial charge in [-0.3, -0.25) is 9.59 Å². The van der Waals surface area contributed by atoms with E-state index in [1.54, 1.807) is 11.9 Å². The average Bonchev–Trinajstić information content (AvgIpc) is 2.92. The van der Waals surface area contributed by atoms with Gasteiger partial charge in [-0.15, -0.1) is 11.3 Å². The fourth-order valence-corrected chi connectivity index (χ4v) is 3.53. The first-order valence-electron chi connectivity index (χ1n) is 7.67. The molecule has 1 aromatic heterocycles. The molecule has 0 spiro atoms. The van der Waals surface area contributed by atoms with Crippen molar-refractivity contribution in [3.05, 3.63) is 56.7 Å². The van der Waals surface area contributed by atoms with E-state index in [1.807, 2.05) is 43.3 Å². The number of hydrogen-bond donors (Lipinski definition) is 1. The van der Waals surface area contributed by atoms with Gasteiger partial charge in [-0.05, 0) is 24.6 Å².